The van der Waals surface area contributed by atoms with Gasteiger partial charge in [-0.05, 0) is 44.0 Å². The molecule has 0 aliphatic carbocycles. The van der Waals surface area contributed by atoms with E-state index in [1.165, 1.54) is 0 Å². The Kier molecular flexibility index (Phi) is 3.66. The molecule has 1 N–H and O–H groups in total. The van der Waals surface area contributed by atoms with E-state index in [1.54, 1.807) is 43.9 Å². The zero-order valence-electron chi connectivity index (χ0n) is 15.1. The minimum absolute atomic E-state index is 0.240. The van der Waals surface area contributed by atoms with Gasteiger partial charge in [-0.2, -0.15) is 18.3 Å². The maximum absolute atomic E-state index is 13.2. The normalized spacial score (nSPS) is 12.3. The van der Waals surface area contributed by atoms with Crippen LogP contribution in [0.3, 0.4) is 0 Å². The number of halogens is 3. The van der Waals surface area contributed by atoms with Gasteiger partial charge in [-0.15, -0.1) is 0 Å². The van der Waals surface area contributed by atoms with Crippen molar-refractivity contribution in [1.29, 1.82) is 0 Å². The van der Waals surface area contributed by atoms with E-state index in [-0.39, 0.29) is 11.0 Å². The van der Waals surface area contributed by atoms with Crippen molar-refractivity contribution < 1.29 is 17.7 Å². The first-order chi connectivity index (χ1) is 12.7. The minimum atomic E-state index is -4.57. The highest BCUT2D eigenvalue weighted by molar-refractivity contribution is 5.96. The molecule has 3 aromatic heterocycles. The second-order valence-corrected chi connectivity index (χ2v) is 6.50. The molecule has 4 rings (SSSR count). The Morgan fingerprint density at radius 3 is 2.44 bits per heavy atom. The lowest BCUT2D eigenvalue weighted by atomic mass is 9.98. The number of alkyl halides is 3. The molecular weight excluding hydrogens is 359 g/mol. The van der Waals surface area contributed by atoms with Crippen molar-refractivity contribution in [3.05, 3.63) is 41.2 Å². The molecule has 0 aliphatic heterocycles. The molecule has 27 heavy (non-hydrogen) atoms. The summed E-state index contributed by atoms with van der Waals surface area (Å²) in [7, 11) is 1.74. The van der Waals surface area contributed by atoms with E-state index in [0.29, 0.717) is 28.3 Å². The third kappa shape index (κ3) is 2.70. The highest BCUT2D eigenvalue weighted by atomic mass is 19.4. The van der Waals surface area contributed by atoms with E-state index in [4.69, 9.17) is 4.52 Å². The van der Waals surface area contributed by atoms with Crippen molar-refractivity contribution in [2.45, 2.75) is 26.9 Å². The molecule has 0 aliphatic rings. The summed E-state index contributed by atoms with van der Waals surface area (Å²) in [6.07, 6.45) is -2.90. The fourth-order valence-electron chi connectivity index (χ4n) is 3.41. The van der Waals surface area contributed by atoms with E-state index in [1.807, 2.05) is 6.92 Å². The molecule has 1 aromatic carbocycles. The summed E-state index contributed by atoms with van der Waals surface area (Å²) < 4.78 is 46.5. The van der Waals surface area contributed by atoms with Crippen molar-refractivity contribution in [2.75, 3.05) is 0 Å². The van der Waals surface area contributed by atoms with Crippen LogP contribution >= 0.6 is 0 Å². The van der Waals surface area contributed by atoms with Crippen LogP contribution < -0.4 is 0 Å². The molecule has 4 aromatic rings. The van der Waals surface area contributed by atoms with E-state index < -0.39 is 12.0 Å². The van der Waals surface area contributed by atoms with Gasteiger partial charge in [-0.3, -0.25) is 4.68 Å². The average Bonchev–Trinajstić information content (AvgIpc) is 3.24. The van der Waals surface area contributed by atoms with Crippen LogP contribution in [0.2, 0.25) is 0 Å². The molecule has 0 amide bonds. The number of aromatic amines is 1. The van der Waals surface area contributed by atoms with E-state index in [2.05, 4.69) is 20.2 Å². The third-order valence-corrected chi connectivity index (χ3v) is 4.55. The fourth-order valence-corrected chi connectivity index (χ4v) is 3.41. The largest absolute Gasteiger partial charge is 0.449 e. The Morgan fingerprint density at radius 2 is 1.89 bits per heavy atom. The molecule has 0 saturated heterocycles. The Bertz CT molecular complexity index is 1130. The summed E-state index contributed by atoms with van der Waals surface area (Å²) in [6, 6.07) is 3.44. The molecule has 0 fully saturated rings. The van der Waals surface area contributed by atoms with Gasteiger partial charge in [-0.25, -0.2) is 4.98 Å². The number of benzene rings is 1. The van der Waals surface area contributed by atoms with Crippen LogP contribution in [0, 0.1) is 20.8 Å². The number of hydrogen-bond donors (Lipinski definition) is 1. The first-order valence-electron chi connectivity index (χ1n) is 8.20. The van der Waals surface area contributed by atoms with Gasteiger partial charge in [0, 0.05) is 18.2 Å². The number of aryl methyl sites for hydroxylation is 4. The standard InChI is InChI=1S/C18H16F3N5O/c1-8-7-22-26(4)16(8)12-5-11(14-9(2)25-27-10(14)3)6-13-15(12)24-17(23-13)18(19,20)21/h5-7H,1-4H3,(H,23,24). The Morgan fingerprint density at radius 1 is 1.15 bits per heavy atom. The number of imidazole rings is 1. The summed E-state index contributed by atoms with van der Waals surface area (Å²) in [5, 5.41) is 8.15. The van der Waals surface area contributed by atoms with Gasteiger partial charge in [-0.1, -0.05) is 5.16 Å². The van der Waals surface area contributed by atoms with Crippen LogP contribution in [0.4, 0.5) is 13.2 Å². The monoisotopic (exact) mass is 375 g/mol. The number of nitrogens with one attached hydrogen (secondary N) is 1. The van der Waals surface area contributed by atoms with Crippen molar-refractivity contribution >= 4 is 11.0 Å². The van der Waals surface area contributed by atoms with Crippen LogP contribution in [-0.4, -0.2) is 24.9 Å². The lowest BCUT2D eigenvalue weighted by Crippen LogP contribution is -2.06. The fraction of sp³-hybridized carbons (Fsp3) is 0.278. The van der Waals surface area contributed by atoms with Crippen LogP contribution in [0.1, 0.15) is 22.8 Å². The highest BCUT2D eigenvalue weighted by Crippen LogP contribution is 2.38. The van der Waals surface area contributed by atoms with Gasteiger partial charge in [0.15, 0.2) is 0 Å². The van der Waals surface area contributed by atoms with E-state index in [9.17, 15) is 13.2 Å². The molecule has 0 unspecified atom stereocenters. The van der Waals surface area contributed by atoms with Crippen LogP contribution in [0.15, 0.2) is 22.9 Å². The zero-order valence-corrected chi connectivity index (χ0v) is 15.1. The lowest BCUT2D eigenvalue weighted by Gasteiger charge is -2.09. The summed E-state index contributed by atoms with van der Waals surface area (Å²) in [5.74, 6) is -0.440. The Hall–Kier alpha value is -3.10. The van der Waals surface area contributed by atoms with E-state index in [0.717, 1.165) is 11.1 Å². The Labute approximate surface area is 152 Å². The first kappa shape index (κ1) is 17.3. The minimum Gasteiger partial charge on any atom is -0.361 e. The summed E-state index contributed by atoms with van der Waals surface area (Å²) in [6.45, 7) is 5.41. The second-order valence-electron chi connectivity index (χ2n) is 6.50. The first-order valence-corrected chi connectivity index (χ1v) is 8.20. The van der Waals surface area contributed by atoms with Gasteiger partial charge in [0.2, 0.25) is 5.82 Å². The lowest BCUT2D eigenvalue weighted by molar-refractivity contribution is -0.144. The molecule has 0 atom stereocenters. The number of hydrogen-bond acceptors (Lipinski definition) is 4. The number of H-pyrrole nitrogens is 1. The number of fused-ring (bicyclic) bond motifs is 1. The van der Waals surface area contributed by atoms with Crippen LogP contribution in [0.5, 0.6) is 0 Å². The van der Waals surface area contributed by atoms with Crippen LogP contribution in [-0.2, 0) is 13.2 Å². The topological polar surface area (TPSA) is 72.5 Å². The van der Waals surface area contributed by atoms with Crippen molar-refractivity contribution in [3.63, 3.8) is 0 Å². The molecule has 140 valence electrons. The Balaban J connectivity index is 2.09. The van der Waals surface area contributed by atoms with Gasteiger partial charge >= 0.3 is 6.18 Å². The van der Waals surface area contributed by atoms with Crippen molar-refractivity contribution in [1.82, 2.24) is 24.9 Å². The summed E-state index contributed by atoms with van der Waals surface area (Å²) in [4.78, 5) is 6.23. The third-order valence-electron chi connectivity index (χ3n) is 4.55. The van der Waals surface area contributed by atoms with Gasteiger partial charge in [0.1, 0.15) is 5.76 Å². The maximum atomic E-state index is 13.2. The molecular formula is C18H16F3N5O. The average molecular weight is 375 g/mol. The maximum Gasteiger partial charge on any atom is 0.449 e. The van der Waals surface area contributed by atoms with Crippen molar-refractivity contribution in [2.24, 2.45) is 7.05 Å². The molecule has 0 radical (unpaired) electrons. The molecule has 0 spiro atoms. The zero-order chi connectivity index (χ0) is 19.5. The molecule has 0 bridgehead atoms. The smallest absolute Gasteiger partial charge is 0.361 e. The number of rotatable bonds is 2. The molecule has 0 saturated carbocycles. The second kappa shape index (κ2) is 5.70. The van der Waals surface area contributed by atoms with Crippen molar-refractivity contribution in [3.8, 4) is 22.4 Å². The highest BCUT2D eigenvalue weighted by Gasteiger charge is 2.35. The van der Waals surface area contributed by atoms with Crippen LogP contribution in [0.25, 0.3) is 33.4 Å². The SMILES string of the molecule is Cc1cnn(C)c1-c1cc(-c2c(C)noc2C)cc2[nH]c(C(F)(F)F)nc12. The summed E-state index contributed by atoms with van der Waals surface area (Å²) >= 11 is 0. The number of aromatic nitrogens is 5. The van der Waals surface area contributed by atoms with E-state index >= 15 is 0 Å². The predicted molar refractivity (Wildman–Crippen MR) is 93.0 cm³/mol. The molecule has 9 heteroatoms. The quantitative estimate of drug-likeness (QED) is 0.557. The molecule has 3 heterocycles. The molecule has 6 nitrogen and oxygen atoms in total. The number of nitrogens with zero attached hydrogens (tertiary/aromatic N) is 4. The van der Waals surface area contributed by atoms with Gasteiger partial charge < -0.3 is 9.51 Å². The summed E-state index contributed by atoms with van der Waals surface area (Å²) in [5.41, 5.74) is 4.75. The van der Waals surface area contributed by atoms with Gasteiger partial charge in [0.25, 0.3) is 0 Å². The predicted octanol–water partition coefficient (Wildman–Crippen LogP) is 4.56. The van der Waals surface area contributed by atoms with Gasteiger partial charge in [0.05, 0.1) is 28.6 Å².